The number of anilines is 1. The molecule has 0 radical (unpaired) electrons. The largest absolute Gasteiger partial charge is 0.482 e. The minimum atomic E-state index is 0.0885. The molecule has 2 aromatic carbocycles. The van der Waals surface area contributed by atoms with Crippen molar-refractivity contribution >= 4 is 5.69 Å². The van der Waals surface area contributed by atoms with Crippen LogP contribution in [0.2, 0.25) is 0 Å². The number of rotatable bonds is 2. The molecule has 1 aliphatic rings. The SMILES string of the molecule is CCc1ccc2c(c1)NCC(c1c(C)cc(C)cc1C)O2. The Morgan fingerprint density at radius 3 is 2.48 bits per heavy atom. The highest BCUT2D eigenvalue weighted by molar-refractivity contribution is 5.60. The molecule has 1 atom stereocenters. The third-order valence-corrected chi connectivity index (χ3v) is 4.26. The van der Waals surface area contributed by atoms with Crippen molar-refractivity contribution in [3.63, 3.8) is 0 Å². The molecule has 0 aromatic heterocycles. The van der Waals surface area contributed by atoms with Crippen LogP contribution in [0.25, 0.3) is 0 Å². The molecule has 0 bridgehead atoms. The number of hydrogen-bond donors (Lipinski definition) is 1. The molecule has 0 saturated carbocycles. The lowest BCUT2D eigenvalue weighted by atomic mass is 9.94. The van der Waals surface area contributed by atoms with Gasteiger partial charge in [0.1, 0.15) is 11.9 Å². The molecule has 0 amide bonds. The van der Waals surface area contributed by atoms with Crippen molar-refractivity contribution in [1.29, 1.82) is 0 Å². The van der Waals surface area contributed by atoms with Crippen molar-refractivity contribution in [2.24, 2.45) is 0 Å². The molecule has 3 rings (SSSR count). The highest BCUT2D eigenvalue weighted by atomic mass is 16.5. The molecule has 110 valence electrons. The minimum absolute atomic E-state index is 0.0885. The van der Waals surface area contributed by atoms with Gasteiger partial charge in [-0.05, 0) is 61.6 Å². The van der Waals surface area contributed by atoms with Gasteiger partial charge in [0.15, 0.2) is 0 Å². The first-order valence-electron chi connectivity index (χ1n) is 7.69. The fourth-order valence-corrected chi connectivity index (χ4v) is 3.30. The quantitative estimate of drug-likeness (QED) is 0.860. The summed E-state index contributed by atoms with van der Waals surface area (Å²) in [5.74, 6) is 0.961. The van der Waals surface area contributed by atoms with Gasteiger partial charge in [-0.2, -0.15) is 0 Å². The van der Waals surface area contributed by atoms with Crippen LogP contribution in [0, 0.1) is 20.8 Å². The zero-order chi connectivity index (χ0) is 15.0. The maximum absolute atomic E-state index is 6.26. The van der Waals surface area contributed by atoms with Gasteiger partial charge in [-0.25, -0.2) is 0 Å². The van der Waals surface area contributed by atoms with Crippen LogP contribution in [0.4, 0.5) is 5.69 Å². The Hall–Kier alpha value is -1.96. The Morgan fingerprint density at radius 2 is 1.81 bits per heavy atom. The average Bonchev–Trinajstić information content (AvgIpc) is 2.45. The average molecular weight is 281 g/mol. The van der Waals surface area contributed by atoms with Crippen molar-refractivity contribution in [2.75, 3.05) is 11.9 Å². The molecular formula is C19H23NO. The highest BCUT2D eigenvalue weighted by Crippen LogP contribution is 2.37. The molecule has 0 spiro atoms. The summed E-state index contributed by atoms with van der Waals surface area (Å²) in [6, 6.07) is 10.9. The Morgan fingerprint density at radius 1 is 1.10 bits per heavy atom. The lowest BCUT2D eigenvalue weighted by molar-refractivity contribution is 0.209. The van der Waals surface area contributed by atoms with Crippen LogP contribution < -0.4 is 10.1 Å². The Bertz CT molecular complexity index is 652. The van der Waals surface area contributed by atoms with Crippen molar-refractivity contribution < 1.29 is 4.74 Å². The monoisotopic (exact) mass is 281 g/mol. The number of ether oxygens (including phenoxy) is 1. The van der Waals surface area contributed by atoms with Gasteiger partial charge in [0, 0.05) is 0 Å². The van der Waals surface area contributed by atoms with Crippen molar-refractivity contribution in [2.45, 2.75) is 40.2 Å². The summed E-state index contributed by atoms with van der Waals surface area (Å²) in [6.07, 6.45) is 1.14. The fourth-order valence-electron chi connectivity index (χ4n) is 3.30. The van der Waals surface area contributed by atoms with E-state index in [-0.39, 0.29) is 6.10 Å². The number of hydrogen-bond acceptors (Lipinski definition) is 2. The summed E-state index contributed by atoms with van der Waals surface area (Å²) in [5.41, 5.74) is 7.71. The van der Waals surface area contributed by atoms with Crippen molar-refractivity contribution in [3.05, 3.63) is 58.1 Å². The van der Waals surface area contributed by atoms with Crippen LogP contribution in [0.1, 0.15) is 40.8 Å². The molecule has 21 heavy (non-hydrogen) atoms. The van der Waals surface area contributed by atoms with E-state index in [1.54, 1.807) is 0 Å². The zero-order valence-electron chi connectivity index (χ0n) is 13.3. The molecule has 1 aliphatic heterocycles. The van der Waals surface area contributed by atoms with E-state index in [4.69, 9.17) is 4.74 Å². The third kappa shape index (κ3) is 2.63. The predicted molar refractivity (Wildman–Crippen MR) is 88.3 cm³/mol. The minimum Gasteiger partial charge on any atom is -0.482 e. The Balaban J connectivity index is 1.93. The number of aryl methyl sites for hydroxylation is 4. The van der Waals surface area contributed by atoms with Gasteiger partial charge in [-0.1, -0.05) is 30.7 Å². The molecule has 2 nitrogen and oxygen atoms in total. The second-order valence-electron chi connectivity index (χ2n) is 5.98. The standard InChI is InChI=1S/C19H23NO/c1-5-15-6-7-17-16(10-15)20-11-18(21-17)19-13(3)8-12(2)9-14(19)4/h6-10,18,20H,5,11H2,1-4H3. The molecule has 1 unspecified atom stereocenters. The van der Waals surface area contributed by atoms with Crippen LogP contribution in [0.5, 0.6) is 5.75 Å². The highest BCUT2D eigenvalue weighted by Gasteiger charge is 2.23. The normalized spacial score (nSPS) is 16.9. The molecule has 1 heterocycles. The fraction of sp³-hybridized carbons (Fsp3) is 0.368. The summed E-state index contributed by atoms with van der Waals surface area (Å²) in [6.45, 7) is 9.49. The molecule has 0 saturated heterocycles. The van der Waals surface area contributed by atoms with E-state index in [1.807, 2.05) is 0 Å². The molecule has 2 aromatic rings. The van der Waals surface area contributed by atoms with Gasteiger partial charge in [0.2, 0.25) is 0 Å². The van der Waals surface area contributed by atoms with Crippen LogP contribution >= 0.6 is 0 Å². The summed E-state index contributed by atoms with van der Waals surface area (Å²) < 4.78 is 6.26. The van der Waals surface area contributed by atoms with E-state index in [0.29, 0.717) is 0 Å². The molecular weight excluding hydrogens is 258 g/mol. The van der Waals surface area contributed by atoms with Gasteiger partial charge in [0.05, 0.1) is 12.2 Å². The molecule has 2 heteroatoms. The maximum Gasteiger partial charge on any atom is 0.143 e. The van der Waals surface area contributed by atoms with Gasteiger partial charge in [0.25, 0.3) is 0 Å². The zero-order valence-corrected chi connectivity index (χ0v) is 13.3. The topological polar surface area (TPSA) is 21.3 Å². The van der Waals surface area contributed by atoms with Gasteiger partial charge < -0.3 is 10.1 Å². The molecule has 0 fully saturated rings. The Kier molecular flexibility index (Phi) is 3.62. The number of fused-ring (bicyclic) bond motifs is 1. The summed E-state index contributed by atoms with van der Waals surface area (Å²) in [4.78, 5) is 0. The number of nitrogens with one attached hydrogen (secondary N) is 1. The lowest BCUT2D eigenvalue weighted by Crippen LogP contribution is -2.25. The lowest BCUT2D eigenvalue weighted by Gasteiger charge is -2.30. The second kappa shape index (κ2) is 5.44. The van der Waals surface area contributed by atoms with Crippen LogP contribution in [0.3, 0.4) is 0 Å². The first-order valence-corrected chi connectivity index (χ1v) is 7.69. The summed E-state index contributed by atoms with van der Waals surface area (Å²) in [5, 5.41) is 3.53. The first-order chi connectivity index (χ1) is 10.1. The van der Waals surface area contributed by atoms with E-state index < -0.39 is 0 Å². The van der Waals surface area contributed by atoms with E-state index in [0.717, 1.165) is 24.4 Å². The van der Waals surface area contributed by atoms with E-state index in [9.17, 15) is 0 Å². The van der Waals surface area contributed by atoms with E-state index in [1.165, 1.54) is 27.8 Å². The summed E-state index contributed by atoms with van der Waals surface area (Å²) in [7, 11) is 0. The first kappa shape index (κ1) is 14.0. The molecule has 0 aliphatic carbocycles. The van der Waals surface area contributed by atoms with Crippen molar-refractivity contribution in [1.82, 2.24) is 0 Å². The van der Waals surface area contributed by atoms with E-state index >= 15 is 0 Å². The van der Waals surface area contributed by atoms with Gasteiger partial charge in [-0.3, -0.25) is 0 Å². The maximum atomic E-state index is 6.26. The van der Waals surface area contributed by atoms with Gasteiger partial charge in [-0.15, -0.1) is 0 Å². The third-order valence-electron chi connectivity index (χ3n) is 4.26. The van der Waals surface area contributed by atoms with E-state index in [2.05, 4.69) is 63.3 Å². The number of benzene rings is 2. The second-order valence-corrected chi connectivity index (χ2v) is 5.98. The Labute approximate surface area is 127 Å². The van der Waals surface area contributed by atoms with Gasteiger partial charge >= 0.3 is 0 Å². The summed E-state index contributed by atoms with van der Waals surface area (Å²) >= 11 is 0. The van der Waals surface area contributed by atoms with Crippen LogP contribution in [-0.2, 0) is 6.42 Å². The van der Waals surface area contributed by atoms with Crippen molar-refractivity contribution in [3.8, 4) is 5.75 Å². The smallest absolute Gasteiger partial charge is 0.143 e. The van der Waals surface area contributed by atoms with Crippen LogP contribution in [0.15, 0.2) is 30.3 Å². The molecule has 1 N–H and O–H groups in total. The van der Waals surface area contributed by atoms with Crippen LogP contribution in [-0.4, -0.2) is 6.54 Å². The predicted octanol–water partition coefficient (Wildman–Crippen LogP) is 4.72.